The van der Waals surface area contributed by atoms with Crippen molar-refractivity contribution in [3.8, 4) is 5.75 Å². The van der Waals surface area contributed by atoms with Crippen LogP contribution in [0.2, 0.25) is 0 Å². The molecular formula is C7H7O3S-. The molecule has 0 radical (unpaired) electrons. The maximum absolute atomic E-state index is 10.0. The average molecular weight is 171 g/mol. The van der Waals surface area contributed by atoms with Crippen molar-refractivity contribution < 1.29 is 12.9 Å². The Labute approximate surface area is 67.5 Å². The van der Waals surface area contributed by atoms with E-state index in [0.29, 0.717) is 5.75 Å². The Bertz CT molecular complexity index is 255. The number of benzene rings is 1. The lowest BCUT2D eigenvalue weighted by molar-refractivity contribution is 0.440. The van der Waals surface area contributed by atoms with Crippen LogP contribution in [0.3, 0.4) is 0 Å². The van der Waals surface area contributed by atoms with Crippen LogP contribution in [0.25, 0.3) is 0 Å². The monoisotopic (exact) mass is 171 g/mol. The van der Waals surface area contributed by atoms with Crippen molar-refractivity contribution in [2.75, 3.05) is 0 Å². The molecule has 1 aromatic carbocycles. The van der Waals surface area contributed by atoms with Gasteiger partial charge >= 0.3 is 0 Å². The number of rotatable bonds is 2. The lowest BCUT2D eigenvalue weighted by atomic mass is 10.2. The van der Waals surface area contributed by atoms with Gasteiger partial charge in [0.05, 0.1) is 0 Å². The van der Waals surface area contributed by atoms with Crippen LogP contribution in [0.15, 0.2) is 24.3 Å². The van der Waals surface area contributed by atoms with Gasteiger partial charge in [0.2, 0.25) is 0 Å². The van der Waals surface area contributed by atoms with Gasteiger partial charge in [-0.2, -0.15) is 0 Å². The molecule has 3 nitrogen and oxygen atoms in total. The lowest BCUT2D eigenvalue weighted by Gasteiger charge is -2.06. The summed E-state index contributed by atoms with van der Waals surface area (Å²) in [7, 11) is 0. The zero-order valence-electron chi connectivity index (χ0n) is 5.94. The van der Waals surface area contributed by atoms with Crippen LogP contribution >= 0.6 is 0 Å². The summed E-state index contributed by atoms with van der Waals surface area (Å²) in [6.07, 6.45) is 0. The van der Waals surface area contributed by atoms with Crippen LogP contribution in [0.4, 0.5) is 0 Å². The van der Waals surface area contributed by atoms with Crippen molar-refractivity contribution in [3.63, 3.8) is 0 Å². The summed E-state index contributed by atoms with van der Waals surface area (Å²) in [6.45, 7) is 1.91. The third-order valence-electron chi connectivity index (χ3n) is 1.19. The largest absolute Gasteiger partial charge is 0.740 e. The van der Waals surface area contributed by atoms with E-state index in [1.165, 1.54) is 0 Å². The third-order valence-corrected chi connectivity index (χ3v) is 1.51. The normalized spacial score (nSPS) is 12.5. The van der Waals surface area contributed by atoms with E-state index >= 15 is 0 Å². The van der Waals surface area contributed by atoms with E-state index in [0.717, 1.165) is 5.56 Å². The van der Waals surface area contributed by atoms with Gasteiger partial charge in [0.15, 0.2) is 0 Å². The van der Waals surface area contributed by atoms with E-state index in [4.69, 9.17) is 0 Å². The first-order chi connectivity index (χ1) is 5.18. The third kappa shape index (κ3) is 2.69. The minimum absolute atomic E-state index is 0.337. The van der Waals surface area contributed by atoms with Gasteiger partial charge in [0, 0.05) is 0 Å². The van der Waals surface area contributed by atoms with E-state index in [-0.39, 0.29) is 0 Å². The molecule has 0 saturated carbocycles. The second-order valence-corrected chi connectivity index (χ2v) is 2.68. The second-order valence-electron chi connectivity index (χ2n) is 2.10. The summed E-state index contributed by atoms with van der Waals surface area (Å²) in [5, 5.41) is 0. The first-order valence-corrected chi connectivity index (χ1v) is 4.03. The van der Waals surface area contributed by atoms with Crippen LogP contribution in [-0.2, 0) is 11.4 Å². The van der Waals surface area contributed by atoms with Crippen LogP contribution in [0, 0.1) is 6.92 Å². The van der Waals surface area contributed by atoms with Gasteiger partial charge in [-0.1, -0.05) is 17.7 Å². The van der Waals surface area contributed by atoms with Crippen molar-refractivity contribution in [2.45, 2.75) is 6.92 Å². The van der Waals surface area contributed by atoms with Crippen molar-refractivity contribution in [3.05, 3.63) is 29.8 Å². The zero-order valence-corrected chi connectivity index (χ0v) is 6.76. The van der Waals surface area contributed by atoms with E-state index in [1.54, 1.807) is 24.3 Å². The molecule has 1 rings (SSSR count). The van der Waals surface area contributed by atoms with Crippen LogP contribution < -0.4 is 4.18 Å². The fourth-order valence-electron chi connectivity index (χ4n) is 0.672. The van der Waals surface area contributed by atoms with Gasteiger partial charge in [0.1, 0.15) is 17.1 Å². The Hall–Kier alpha value is -0.870. The maximum Gasteiger partial charge on any atom is 0.139 e. The lowest BCUT2D eigenvalue weighted by Crippen LogP contribution is -1.97. The molecule has 0 bridgehead atoms. The van der Waals surface area contributed by atoms with E-state index in [9.17, 15) is 8.76 Å². The van der Waals surface area contributed by atoms with Gasteiger partial charge in [-0.25, -0.2) is 4.21 Å². The highest BCUT2D eigenvalue weighted by atomic mass is 32.2. The Balaban J connectivity index is 2.74. The highest BCUT2D eigenvalue weighted by molar-refractivity contribution is 7.74. The van der Waals surface area contributed by atoms with Crippen molar-refractivity contribution in [1.29, 1.82) is 0 Å². The first kappa shape index (κ1) is 8.23. The van der Waals surface area contributed by atoms with E-state index < -0.39 is 11.4 Å². The molecular weight excluding hydrogens is 164 g/mol. The van der Waals surface area contributed by atoms with Gasteiger partial charge in [-0.05, 0) is 19.1 Å². The fourth-order valence-corrected chi connectivity index (χ4v) is 0.941. The minimum Gasteiger partial charge on any atom is -0.740 e. The molecule has 1 unspecified atom stereocenters. The molecule has 4 heteroatoms. The summed E-state index contributed by atoms with van der Waals surface area (Å²) in [5.41, 5.74) is 1.06. The van der Waals surface area contributed by atoms with Gasteiger partial charge in [-0.3, -0.25) is 0 Å². The summed E-state index contributed by atoms with van der Waals surface area (Å²) in [5.74, 6) is 0.337. The smallest absolute Gasteiger partial charge is 0.139 e. The molecule has 0 spiro atoms. The van der Waals surface area contributed by atoms with Gasteiger partial charge in [0.25, 0.3) is 0 Å². The summed E-state index contributed by atoms with van der Waals surface area (Å²) < 4.78 is 24.4. The van der Waals surface area contributed by atoms with E-state index in [1.807, 2.05) is 6.92 Å². The Morgan fingerprint density at radius 3 is 2.36 bits per heavy atom. The molecule has 1 atom stereocenters. The van der Waals surface area contributed by atoms with Crippen LogP contribution in [-0.4, -0.2) is 8.76 Å². The first-order valence-electron chi connectivity index (χ1n) is 3.03. The molecule has 0 aromatic heterocycles. The van der Waals surface area contributed by atoms with E-state index in [2.05, 4.69) is 4.18 Å². The molecule has 0 aliphatic heterocycles. The molecule has 0 amide bonds. The molecule has 11 heavy (non-hydrogen) atoms. The highest BCUT2D eigenvalue weighted by Gasteiger charge is 1.90. The Morgan fingerprint density at radius 1 is 1.36 bits per heavy atom. The molecule has 60 valence electrons. The van der Waals surface area contributed by atoms with Gasteiger partial charge < -0.3 is 8.74 Å². The van der Waals surface area contributed by atoms with Gasteiger partial charge in [-0.15, -0.1) is 0 Å². The molecule has 0 aliphatic carbocycles. The predicted octanol–water partition coefficient (Wildman–Crippen LogP) is 1.17. The molecule has 0 N–H and O–H groups in total. The molecule has 0 aliphatic rings. The number of aryl methyl sites for hydroxylation is 1. The molecule has 1 aromatic rings. The Morgan fingerprint density at radius 2 is 1.91 bits per heavy atom. The molecule has 0 heterocycles. The Kier molecular flexibility index (Phi) is 2.62. The summed E-state index contributed by atoms with van der Waals surface area (Å²) >= 11 is -2.47. The van der Waals surface area contributed by atoms with Crippen LogP contribution in [0.5, 0.6) is 5.75 Å². The average Bonchev–Trinajstić information content (AvgIpc) is 1.93. The van der Waals surface area contributed by atoms with Crippen molar-refractivity contribution >= 4 is 11.4 Å². The van der Waals surface area contributed by atoms with Crippen molar-refractivity contribution in [1.82, 2.24) is 0 Å². The second kappa shape index (κ2) is 3.50. The molecule has 0 saturated heterocycles. The minimum atomic E-state index is -2.47. The zero-order chi connectivity index (χ0) is 8.27. The summed E-state index contributed by atoms with van der Waals surface area (Å²) in [6, 6.07) is 6.76. The number of hydrogen-bond acceptors (Lipinski definition) is 3. The van der Waals surface area contributed by atoms with Crippen molar-refractivity contribution in [2.24, 2.45) is 0 Å². The number of hydrogen-bond donors (Lipinski definition) is 0. The molecule has 0 fully saturated rings. The maximum atomic E-state index is 10.0. The van der Waals surface area contributed by atoms with Crippen LogP contribution in [0.1, 0.15) is 5.56 Å². The summed E-state index contributed by atoms with van der Waals surface area (Å²) in [4.78, 5) is 0. The SMILES string of the molecule is Cc1ccc(OS(=O)[O-])cc1. The fraction of sp³-hybridized carbons (Fsp3) is 0.143. The highest BCUT2D eigenvalue weighted by Crippen LogP contribution is 2.11. The standard InChI is InChI=1S/C7H8O3S/c1-6-2-4-7(5-3-6)10-11(8)9/h2-5H,1H3,(H,8,9)/p-1. The topological polar surface area (TPSA) is 49.4 Å². The quantitative estimate of drug-likeness (QED) is 0.627. The predicted molar refractivity (Wildman–Crippen MR) is 40.7 cm³/mol.